The Hall–Kier alpha value is -1.56. The average Bonchev–Trinajstić information content (AvgIpc) is 2.53. The normalized spacial score (nSPS) is 17.1. The molecule has 1 amide bonds. The quantitative estimate of drug-likeness (QED) is 0.914. The molecule has 0 spiro atoms. The first kappa shape index (κ1) is 17.8. The van der Waals surface area contributed by atoms with Gasteiger partial charge in [-0.25, -0.2) is 0 Å². The molecular formula is C17H23F3N2O. The molecular weight excluding hydrogens is 305 g/mol. The van der Waals surface area contributed by atoms with Gasteiger partial charge in [0, 0.05) is 17.6 Å². The van der Waals surface area contributed by atoms with Gasteiger partial charge in [-0.1, -0.05) is 12.5 Å². The average molecular weight is 328 g/mol. The largest absolute Gasteiger partial charge is 0.416 e. The third kappa shape index (κ3) is 4.70. The summed E-state index contributed by atoms with van der Waals surface area (Å²) < 4.78 is 38.1. The van der Waals surface area contributed by atoms with Crippen LogP contribution in [0.4, 0.5) is 13.2 Å². The molecule has 6 heteroatoms. The zero-order valence-corrected chi connectivity index (χ0v) is 13.5. The Labute approximate surface area is 134 Å². The van der Waals surface area contributed by atoms with Crippen LogP contribution in [-0.2, 0) is 6.18 Å². The number of carbonyl (C=O) groups excluding carboxylic acids is 1. The molecule has 0 atom stereocenters. The van der Waals surface area contributed by atoms with Gasteiger partial charge in [-0.2, -0.15) is 13.2 Å². The van der Waals surface area contributed by atoms with E-state index in [0.29, 0.717) is 6.54 Å². The summed E-state index contributed by atoms with van der Waals surface area (Å²) in [4.78, 5) is 14.5. The number of alkyl halides is 3. The molecule has 1 aliphatic heterocycles. The monoisotopic (exact) mass is 328 g/mol. The van der Waals surface area contributed by atoms with E-state index in [1.807, 2.05) is 13.8 Å². The van der Waals surface area contributed by atoms with Gasteiger partial charge in [-0.05, 0) is 58.0 Å². The molecule has 0 aromatic heterocycles. The van der Waals surface area contributed by atoms with Crippen LogP contribution in [0.2, 0.25) is 0 Å². The maximum absolute atomic E-state index is 12.7. The number of amides is 1. The van der Waals surface area contributed by atoms with Gasteiger partial charge in [0.1, 0.15) is 0 Å². The summed E-state index contributed by atoms with van der Waals surface area (Å²) in [5.74, 6) is -0.471. The first-order valence-corrected chi connectivity index (χ1v) is 7.91. The van der Waals surface area contributed by atoms with Crippen molar-refractivity contribution in [1.29, 1.82) is 0 Å². The Morgan fingerprint density at radius 2 is 1.83 bits per heavy atom. The minimum absolute atomic E-state index is 0.0364. The van der Waals surface area contributed by atoms with E-state index in [1.54, 1.807) is 0 Å². The second-order valence-corrected chi connectivity index (χ2v) is 6.62. The van der Waals surface area contributed by atoms with Crippen molar-refractivity contribution in [2.75, 3.05) is 19.6 Å². The van der Waals surface area contributed by atoms with Crippen LogP contribution in [0.15, 0.2) is 24.3 Å². The van der Waals surface area contributed by atoms with Crippen LogP contribution in [0.3, 0.4) is 0 Å². The van der Waals surface area contributed by atoms with Crippen LogP contribution in [0, 0.1) is 0 Å². The molecule has 1 heterocycles. The Bertz CT molecular complexity index is 549. The van der Waals surface area contributed by atoms with E-state index in [0.717, 1.165) is 38.1 Å². The lowest BCUT2D eigenvalue weighted by Gasteiger charge is -2.41. The van der Waals surface area contributed by atoms with Crippen LogP contribution in [-0.4, -0.2) is 36.0 Å². The molecule has 1 aromatic carbocycles. The highest BCUT2D eigenvalue weighted by Crippen LogP contribution is 2.29. The molecule has 1 N–H and O–H groups in total. The van der Waals surface area contributed by atoms with Crippen molar-refractivity contribution in [1.82, 2.24) is 10.2 Å². The maximum Gasteiger partial charge on any atom is 0.416 e. The number of nitrogens with one attached hydrogen (secondary N) is 1. The van der Waals surface area contributed by atoms with Crippen molar-refractivity contribution in [2.45, 2.75) is 44.8 Å². The number of hydrogen-bond donors (Lipinski definition) is 1. The van der Waals surface area contributed by atoms with E-state index in [1.165, 1.54) is 18.6 Å². The smallest absolute Gasteiger partial charge is 0.350 e. The Morgan fingerprint density at radius 1 is 1.17 bits per heavy atom. The molecule has 128 valence electrons. The minimum Gasteiger partial charge on any atom is -0.350 e. The van der Waals surface area contributed by atoms with Gasteiger partial charge in [-0.3, -0.25) is 9.69 Å². The van der Waals surface area contributed by atoms with Crippen LogP contribution >= 0.6 is 0 Å². The number of benzene rings is 1. The van der Waals surface area contributed by atoms with Gasteiger partial charge in [0.15, 0.2) is 0 Å². The van der Waals surface area contributed by atoms with Crippen molar-refractivity contribution in [2.24, 2.45) is 0 Å². The van der Waals surface area contributed by atoms with Crippen LogP contribution < -0.4 is 5.32 Å². The Kier molecular flexibility index (Phi) is 5.34. The highest BCUT2D eigenvalue weighted by atomic mass is 19.4. The number of likely N-dealkylation sites (tertiary alicyclic amines) is 1. The predicted molar refractivity (Wildman–Crippen MR) is 83.3 cm³/mol. The second kappa shape index (κ2) is 6.91. The summed E-state index contributed by atoms with van der Waals surface area (Å²) >= 11 is 0. The van der Waals surface area contributed by atoms with Gasteiger partial charge in [0.25, 0.3) is 5.91 Å². The molecule has 2 rings (SSSR count). The number of halogens is 3. The van der Waals surface area contributed by atoms with Crippen LogP contribution in [0.1, 0.15) is 49.0 Å². The zero-order valence-electron chi connectivity index (χ0n) is 13.5. The lowest BCUT2D eigenvalue weighted by atomic mass is 9.98. The number of carbonyl (C=O) groups is 1. The fourth-order valence-corrected chi connectivity index (χ4v) is 2.85. The molecule has 1 fully saturated rings. The van der Waals surface area contributed by atoms with Crippen LogP contribution in [0.5, 0.6) is 0 Å². The van der Waals surface area contributed by atoms with Crippen molar-refractivity contribution < 1.29 is 18.0 Å². The number of hydrogen-bond acceptors (Lipinski definition) is 2. The lowest BCUT2D eigenvalue weighted by Crippen LogP contribution is -2.53. The van der Waals surface area contributed by atoms with E-state index in [4.69, 9.17) is 0 Å². The standard InChI is InChI=1S/C17H23F3N2O/c1-16(2,22-9-4-3-5-10-22)12-21-15(23)13-7-6-8-14(11-13)17(18,19)20/h6-8,11H,3-5,9-10,12H2,1-2H3,(H,21,23). The SMILES string of the molecule is CC(C)(CNC(=O)c1cccc(C(F)(F)F)c1)N1CCCCC1. The molecule has 0 aliphatic carbocycles. The molecule has 1 saturated heterocycles. The topological polar surface area (TPSA) is 32.3 Å². The number of rotatable bonds is 4. The van der Waals surface area contributed by atoms with Gasteiger partial charge < -0.3 is 5.32 Å². The predicted octanol–water partition coefficient (Wildman–Crippen LogP) is 3.70. The summed E-state index contributed by atoms with van der Waals surface area (Å²) in [6.45, 7) is 6.48. The van der Waals surface area contributed by atoms with E-state index in [2.05, 4.69) is 10.2 Å². The van der Waals surface area contributed by atoms with Gasteiger partial charge in [0.05, 0.1) is 5.56 Å². The fourth-order valence-electron chi connectivity index (χ4n) is 2.85. The molecule has 1 aliphatic rings. The van der Waals surface area contributed by atoms with Crippen LogP contribution in [0.25, 0.3) is 0 Å². The van der Waals surface area contributed by atoms with Gasteiger partial charge in [-0.15, -0.1) is 0 Å². The van der Waals surface area contributed by atoms with E-state index in [9.17, 15) is 18.0 Å². The molecule has 0 bridgehead atoms. The summed E-state index contributed by atoms with van der Waals surface area (Å²) in [5.41, 5.74) is -0.979. The number of piperidine rings is 1. The summed E-state index contributed by atoms with van der Waals surface area (Å²) in [6, 6.07) is 4.52. The molecule has 0 unspecified atom stereocenters. The Balaban J connectivity index is 1.99. The van der Waals surface area contributed by atoms with E-state index < -0.39 is 17.6 Å². The highest BCUT2D eigenvalue weighted by molar-refractivity contribution is 5.94. The third-order valence-corrected chi connectivity index (χ3v) is 4.35. The summed E-state index contributed by atoms with van der Waals surface area (Å²) in [7, 11) is 0. The molecule has 0 saturated carbocycles. The minimum atomic E-state index is -4.44. The first-order valence-electron chi connectivity index (χ1n) is 7.91. The maximum atomic E-state index is 12.7. The molecule has 0 radical (unpaired) electrons. The Morgan fingerprint density at radius 3 is 2.43 bits per heavy atom. The van der Waals surface area contributed by atoms with Crippen molar-refractivity contribution >= 4 is 5.91 Å². The summed E-state index contributed by atoms with van der Waals surface area (Å²) in [5, 5.41) is 2.77. The first-order chi connectivity index (χ1) is 10.7. The molecule has 23 heavy (non-hydrogen) atoms. The molecule has 1 aromatic rings. The van der Waals surface area contributed by atoms with Crippen molar-refractivity contribution in [3.05, 3.63) is 35.4 Å². The number of nitrogens with zero attached hydrogens (tertiary/aromatic N) is 1. The molecule has 3 nitrogen and oxygen atoms in total. The van der Waals surface area contributed by atoms with Crippen molar-refractivity contribution in [3.63, 3.8) is 0 Å². The zero-order chi connectivity index (χ0) is 17.1. The van der Waals surface area contributed by atoms with Crippen molar-refractivity contribution in [3.8, 4) is 0 Å². The van der Waals surface area contributed by atoms with Gasteiger partial charge >= 0.3 is 6.18 Å². The summed E-state index contributed by atoms with van der Waals surface area (Å²) in [6.07, 6.45) is -0.928. The van der Waals surface area contributed by atoms with Gasteiger partial charge in [0.2, 0.25) is 0 Å². The highest BCUT2D eigenvalue weighted by Gasteiger charge is 2.31. The fraction of sp³-hybridized carbons (Fsp3) is 0.588. The van der Waals surface area contributed by atoms with E-state index in [-0.39, 0.29) is 11.1 Å². The van der Waals surface area contributed by atoms with E-state index >= 15 is 0 Å². The lowest BCUT2D eigenvalue weighted by molar-refractivity contribution is -0.137. The third-order valence-electron chi connectivity index (χ3n) is 4.35. The second-order valence-electron chi connectivity index (χ2n) is 6.62.